The van der Waals surface area contributed by atoms with Crippen molar-refractivity contribution in [1.82, 2.24) is 15.5 Å². The number of hydrogen-bond acceptors (Lipinski definition) is 5. The number of rotatable bonds is 4. The molecule has 0 saturated carbocycles. The van der Waals surface area contributed by atoms with Crippen molar-refractivity contribution in [2.45, 2.75) is 6.54 Å². The second kappa shape index (κ2) is 5.29. The molecule has 0 bridgehead atoms. The highest BCUT2D eigenvalue weighted by Gasteiger charge is 2.10. The summed E-state index contributed by atoms with van der Waals surface area (Å²) in [6.45, 7) is 0.739. The zero-order valence-electron chi connectivity index (χ0n) is 9.35. The van der Waals surface area contributed by atoms with Crippen molar-refractivity contribution in [2.75, 3.05) is 6.54 Å². The molecule has 5 nitrogen and oxygen atoms in total. The van der Waals surface area contributed by atoms with Crippen LogP contribution in [0.25, 0.3) is 11.4 Å². The Morgan fingerprint density at radius 3 is 3.06 bits per heavy atom. The van der Waals surface area contributed by atoms with E-state index in [2.05, 4.69) is 21.4 Å². The van der Waals surface area contributed by atoms with Gasteiger partial charge in [0.15, 0.2) is 11.6 Å². The van der Waals surface area contributed by atoms with Crippen LogP contribution in [0.3, 0.4) is 0 Å². The molecule has 0 aliphatic rings. The Morgan fingerprint density at radius 2 is 2.33 bits per heavy atom. The number of phenolic OH excluding ortho intramolecular Hbond substituents is 1. The fourth-order valence-electron chi connectivity index (χ4n) is 1.33. The van der Waals surface area contributed by atoms with Crippen LogP contribution >= 0.6 is 0 Å². The van der Waals surface area contributed by atoms with Gasteiger partial charge in [0.1, 0.15) is 0 Å². The molecule has 1 aromatic carbocycles. The third kappa shape index (κ3) is 2.64. The second-order valence-electron chi connectivity index (χ2n) is 3.49. The quantitative estimate of drug-likeness (QED) is 0.629. The second-order valence-corrected chi connectivity index (χ2v) is 3.49. The largest absolute Gasteiger partial charge is 0.505 e. The lowest BCUT2D eigenvalue weighted by Crippen LogP contribution is -2.13. The van der Waals surface area contributed by atoms with Gasteiger partial charge in [-0.3, -0.25) is 5.32 Å². The number of terminal acetylenes is 1. The molecule has 2 N–H and O–H groups in total. The first-order valence-electron chi connectivity index (χ1n) is 5.16. The number of phenols is 1. The molecule has 0 unspecified atom stereocenters. The highest BCUT2D eigenvalue weighted by molar-refractivity contribution is 5.55. The van der Waals surface area contributed by atoms with Crippen LogP contribution in [0.2, 0.25) is 0 Å². The Bertz CT molecular complexity index is 589. The number of aromatic nitrogens is 2. The average molecular weight is 247 g/mol. The van der Waals surface area contributed by atoms with Gasteiger partial charge in [-0.15, -0.1) is 6.42 Å². The number of benzene rings is 1. The van der Waals surface area contributed by atoms with Crippen LogP contribution in [-0.2, 0) is 6.54 Å². The summed E-state index contributed by atoms with van der Waals surface area (Å²) in [5.74, 6) is 1.87. The van der Waals surface area contributed by atoms with Gasteiger partial charge in [-0.2, -0.15) is 4.98 Å². The lowest BCUT2D eigenvalue weighted by atomic mass is 10.2. The van der Waals surface area contributed by atoms with Crippen LogP contribution in [0.4, 0.5) is 4.39 Å². The molecule has 0 aliphatic heterocycles. The van der Waals surface area contributed by atoms with Crippen LogP contribution in [0.5, 0.6) is 5.75 Å². The highest BCUT2D eigenvalue weighted by atomic mass is 19.1. The molecule has 6 heteroatoms. The van der Waals surface area contributed by atoms with Crippen molar-refractivity contribution in [3.63, 3.8) is 0 Å². The van der Waals surface area contributed by atoms with Crippen LogP contribution in [-0.4, -0.2) is 21.8 Å². The SMILES string of the molecule is C#CCNCc1nc(-c2ccc(O)c(F)c2)no1. The molecule has 0 fully saturated rings. The van der Waals surface area contributed by atoms with Gasteiger partial charge in [-0.1, -0.05) is 11.1 Å². The number of halogens is 1. The van der Waals surface area contributed by atoms with E-state index in [0.29, 0.717) is 24.5 Å². The van der Waals surface area contributed by atoms with Crippen LogP contribution in [0, 0.1) is 18.2 Å². The summed E-state index contributed by atoms with van der Waals surface area (Å²) >= 11 is 0. The minimum absolute atomic E-state index is 0.256. The third-order valence-electron chi connectivity index (χ3n) is 2.18. The van der Waals surface area contributed by atoms with Crippen molar-refractivity contribution in [2.24, 2.45) is 0 Å². The van der Waals surface area contributed by atoms with Gasteiger partial charge < -0.3 is 9.63 Å². The molecule has 18 heavy (non-hydrogen) atoms. The lowest BCUT2D eigenvalue weighted by Gasteiger charge is -1.96. The standard InChI is InChI=1S/C12H10FN3O2/c1-2-5-14-7-11-15-12(16-18-11)8-3-4-10(17)9(13)6-8/h1,3-4,6,14,17H,5,7H2. The van der Waals surface area contributed by atoms with Crippen molar-refractivity contribution in [3.8, 4) is 29.5 Å². The summed E-state index contributed by atoms with van der Waals surface area (Å²) in [4.78, 5) is 4.07. The Balaban J connectivity index is 2.14. The normalized spacial score (nSPS) is 10.2. The molecule has 2 aromatic rings. The van der Waals surface area contributed by atoms with Gasteiger partial charge in [0, 0.05) is 5.56 Å². The minimum atomic E-state index is -0.732. The molecule has 0 saturated heterocycles. The molecule has 0 spiro atoms. The number of aromatic hydroxyl groups is 1. The molecule has 0 radical (unpaired) electrons. The molecule has 92 valence electrons. The first-order chi connectivity index (χ1) is 8.70. The molecular formula is C12H10FN3O2. The molecule has 0 atom stereocenters. The van der Waals surface area contributed by atoms with E-state index in [9.17, 15) is 4.39 Å². The van der Waals surface area contributed by atoms with Crippen LogP contribution in [0.1, 0.15) is 5.89 Å². The smallest absolute Gasteiger partial charge is 0.240 e. The van der Waals surface area contributed by atoms with Crippen molar-refractivity contribution < 1.29 is 14.0 Å². The fourth-order valence-corrected chi connectivity index (χ4v) is 1.33. The number of nitrogens with zero attached hydrogens (tertiary/aromatic N) is 2. The monoisotopic (exact) mass is 247 g/mol. The Hall–Kier alpha value is -2.39. The van der Waals surface area contributed by atoms with Gasteiger partial charge in [0.25, 0.3) is 0 Å². The van der Waals surface area contributed by atoms with Crippen LogP contribution < -0.4 is 5.32 Å². The summed E-state index contributed by atoms with van der Waals surface area (Å²) in [6.07, 6.45) is 5.08. The van der Waals surface area contributed by atoms with Crippen molar-refractivity contribution in [3.05, 3.63) is 29.9 Å². The molecule has 2 rings (SSSR count). The predicted molar refractivity (Wildman–Crippen MR) is 61.9 cm³/mol. The van der Waals surface area contributed by atoms with Crippen molar-refractivity contribution in [1.29, 1.82) is 0 Å². The van der Waals surface area contributed by atoms with E-state index in [-0.39, 0.29) is 5.82 Å². The Morgan fingerprint density at radius 1 is 1.50 bits per heavy atom. The molecule has 1 aromatic heterocycles. The molecule has 0 amide bonds. The van der Waals surface area contributed by atoms with E-state index < -0.39 is 11.6 Å². The topological polar surface area (TPSA) is 71.2 Å². The summed E-state index contributed by atoms with van der Waals surface area (Å²) in [5.41, 5.74) is 0.428. The van der Waals surface area contributed by atoms with E-state index in [0.717, 1.165) is 6.07 Å². The summed E-state index contributed by atoms with van der Waals surface area (Å²) in [5, 5.41) is 15.7. The first kappa shape index (κ1) is 12.1. The average Bonchev–Trinajstić information content (AvgIpc) is 2.82. The summed E-state index contributed by atoms with van der Waals surface area (Å²) < 4.78 is 18.1. The zero-order chi connectivity index (χ0) is 13.0. The lowest BCUT2D eigenvalue weighted by molar-refractivity contribution is 0.370. The minimum Gasteiger partial charge on any atom is -0.505 e. The predicted octanol–water partition coefficient (Wildman–Crippen LogP) is 1.30. The van der Waals surface area contributed by atoms with Gasteiger partial charge in [0.2, 0.25) is 11.7 Å². The maximum Gasteiger partial charge on any atom is 0.240 e. The third-order valence-corrected chi connectivity index (χ3v) is 2.18. The molecular weight excluding hydrogens is 237 g/mol. The molecule has 0 aliphatic carbocycles. The van der Waals surface area contributed by atoms with E-state index >= 15 is 0 Å². The Kier molecular flexibility index (Phi) is 3.55. The Labute approximate surface area is 103 Å². The summed E-state index contributed by atoms with van der Waals surface area (Å²) in [6, 6.07) is 3.87. The van der Waals surface area contributed by atoms with Gasteiger partial charge >= 0.3 is 0 Å². The van der Waals surface area contributed by atoms with Crippen molar-refractivity contribution >= 4 is 0 Å². The maximum atomic E-state index is 13.1. The van der Waals surface area contributed by atoms with Gasteiger partial charge in [0.05, 0.1) is 13.1 Å². The molecule has 1 heterocycles. The van der Waals surface area contributed by atoms with E-state index in [1.165, 1.54) is 12.1 Å². The number of hydrogen-bond donors (Lipinski definition) is 2. The first-order valence-corrected chi connectivity index (χ1v) is 5.16. The number of nitrogens with one attached hydrogen (secondary N) is 1. The van der Waals surface area contributed by atoms with Gasteiger partial charge in [-0.25, -0.2) is 4.39 Å². The zero-order valence-corrected chi connectivity index (χ0v) is 9.35. The van der Waals surface area contributed by atoms with E-state index in [4.69, 9.17) is 16.1 Å². The van der Waals surface area contributed by atoms with E-state index in [1.54, 1.807) is 0 Å². The maximum absolute atomic E-state index is 13.1. The van der Waals surface area contributed by atoms with E-state index in [1.807, 2.05) is 0 Å². The summed E-state index contributed by atoms with van der Waals surface area (Å²) in [7, 11) is 0. The highest BCUT2D eigenvalue weighted by Crippen LogP contribution is 2.22. The fraction of sp³-hybridized carbons (Fsp3) is 0.167. The van der Waals surface area contributed by atoms with Gasteiger partial charge in [-0.05, 0) is 18.2 Å². The van der Waals surface area contributed by atoms with Crippen LogP contribution in [0.15, 0.2) is 22.7 Å².